The van der Waals surface area contributed by atoms with Crippen LogP contribution in [0.3, 0.4) is 0 Å². The second kappa shape index (κ2) is 4.86. The summed E-state index contributed by atoms with van der Waals surface area (Å²) in [6.45, 7) is 2.42. The minimum absolute atomic E-state index is 0.880. The largest absolute Gasteiger partial charge is 0.392 e. The molecule has 11 heteroatoms. The molecule has 8 nitrogen and oxygen atoms in total. The van der Waals surface area contributed by atoms with Gasteiger partial charge in [0.25, 0.3) is 0 Å². The normalized spacial score (nSPS) is 14.1. The third-order valence-electron chi connectivity index (χ3n) is 1.01. The molecule has 92 valence electrons. The number of rotatable bonds is 6. The van der Waals surface area contributed by atoms with E-state index in [1.807, 2.05) is 0 Å². The van der Waals surface area contributed by atoms with Crippen LogP contribution in [0.25, 0.3) is 0 Å². The van der Waals surface area contributed by atoms with Gasteiger partial charge < -0.3 is 0 Å². The number of hydrogen-bond acceptors (Lipinski definition) is 8. The van der Waals surface area contributed by atoms with Gasteiger partial charge in [-0.1, -0.05) is 0 Å². The predicted octanol–water partition coefficient (Wildman–Crippen LogP) is -0.496. The zero-order valence-corrected chi connectivity index (χ0v) is 11.2. The molecule has 0 saturated carbocycles. The molecular weight excluding hydrogens is 268 g/mol. The highest BCUT2D eigenvalue weighted by molar-refractivity contribution is 7.84. The fourth-order valence-electron chi connectivity index (χ4n) is 0.574. The van der Waals surface area contributed by atoms with Crippen LogP contribution in [-0.4, -0.2) is 39.6 Å². The van der Waals surface area contributed by atoms with Crippen LogP contribution in [0.1, 0.15) is 0 Å². The molecule has 0 unspecified atom stereocenters. The fourth-order valence-corrected chi connectivity index (χ4v) is 5.41. The summed E-state index contributed by atoms with van der Waals surface area (Å²) >= 11 is 0. The van der Waals surface area contributed by atoms with Gasteiger partial charge in [-0.2, -0.15) is 16.8 Å². The second-order valence-electron chi connectivity index (χ2n) is 2.72. The molecule has 0 aromatic rings. The van der Waals surface area contributed by atoms with Crippen molar-refractivity contribution >= 4 is 29.4 Å². The summed E-state index contributed by atoms with van der Waals surface area (Å²) < 4.78 is 60.3. The number of hydrogen-bond donors (Lipinski definition) is 0. The van der Waals surface area contributed by atoms with E-state index in [1.165, 1.54) is 13.1 Å². The Kier molecular flexibility index (Phi) is 4.85. The minimum atomic E-state index is -4.24. The van der Waals surface area contributed by atoms with Crippen molar-refractivity contribution in [2.24, 2.45) is 0 Å². The lowest BCUT2D eigenvalue weighted by Gasteiger charge is -2.19. The van der Waals surface area contributed by atoms with Gasteiger partial charge in [0, 0.05) is 0 Å². The standard InChI is InChI=1S/C4H12O8S2Si/c1-9-13(5,6)11-15(3,4)12-14(7,8)10-2/h1-4H3. The molecule has 15 heavy (non-hydrogen) atoms. The molecule has 0 aromatic heterocycles. The highest BCUT2D eigenvalue weighted by Gasteiger charge is 2.37. The first-order chi connectivity index (χ1) is 6.54. The van der Waals surface area contributed by atoms with Gasteiger partial charge in [-0.15, -0.1) is 0 Å². The van der Waals surface area contributed by atoms with Crippen LogP contribution < -0.4 is 0 Å². The van der Waals surface area contributed by atoms with E-state index in [9.17, 15) is 16.8 Å². The molecule has 0 fully saturated rings. The molecule has 0 N–H and O–H groups in total. The van der Waals surface area contributed by atoms with Crippen molar-refractivity contribution in [3.8, 4) is 0 Å². The highest BCUT2D eigenvalue weighted by Crippen LogP contribution is 2.15. The Bertz CT molecular complexity index is 356. The Balaban J connectivity index is 4.73. The van der Waals surface area contributed by atoms with Gasteiger partial charge in [-0.25, -0.2) is 0 Å². The van der Waals surface area contributed by atoms with Crippen molar-refractivity contribution < 1.29 is 32.9 Å². The van der Waals surface area contributed by atoms with Crippen molar-refractivity contribution in [2.45, 2.75) is 13.1 Å². The summed E-state index contributed by atoms with van der Waals surface area (Å²) in [5.74, 6) is 0. The predicted molar refractivity (Wildman–Crippen MR) is 51.5 cm³/mol. The zero-order valence-electron chi connectivity index (χ0n) is 8.58. The lowest BCUT2D eigenvalue weighted by molar-refractivity contribution is 0.279. The smallest absolute Gasteiger partial charge is 0.262 e. The first-order valence-corrected chi connectivity index (χ1v) is 9.04. The summed E-state index contributed by atoms with van der Waals surface area (Å²) in [6, 6.07) is 0. The summed E-state index contributed by atoms with van der Waals surface area (Å²) in [5, 5.41) is 0. The van der Waals surface area contributed by atoms with Crippen LogP contribution in [0.4, 0.5) is 0 Å². The van der Waals surface area contributed by atoms with Gasteiger partial charge in [-0.05, 0) is 13.1 Å². The van der Waals surface area contributed by atoms with Gasteiger partial charge in [0.15, 0.2) is 0 Å². The zero-order chi connectivity index (χ0) is 12.3. The molecule has 0 amide bonds. The summed E-state index contributed by atoms with van der Waals surface area (Å²) in [6.07, 6.45) is 0. The Labute approximate surface area is 90.0 Å². The lowest BCUT2D eigenvalue weighted by Crippen LogP contribution is -2.39. The fraction of sp³-hybridized carbons (Fsp3) is 1.00. The van der Waals surface area contributed by atoms with Gasteiger partial charge in [-0.3, -0.25) is 16.1 Å². The summed E-state index contributed by atoms with van der Waals surface area (Å²) in [7, 11) is -10.2. The van der Waals surface area contributed by atoms with Crippen LogP contribution in [0.15, 0.2) is 0 Å². The molecule has 0 radical (unpaired) electrons. The van der Waals surface area contributed by atoms with Crippen molar-refractivity contribution in [1.82, 2.24) is 0 Å². The van der Waals surface area contributed by atoms with Crippen molar-refractivity contribution in [2.75, 3.05) is 14.2 Å². The van der Waals surface area contributed by atoms with Crippen LogP contribution in [0, 0.1) is 0 Å². The molecule has 0 aliphatic heterocycles. The van der Waals surface area contributed by atoms with Gasteiger partial charge >= 0.3 is 29.4 Å². The average molecular weight is 280 g/mol. The Morgan fingerprint density at radius 2 is 1.07 bits per heavy atom. The van der Waals surface area contributed by atoms with E-state index >= 15 is 0 Å². The molecular formula is C4H12O8S2Si. The molecule has 0 aliphatic carbocycles. The van der Waals surface area contributed by atoms with Gasteiger partial charge in [0.05, 0.1) is 14.2 Å². The summed E-state index contributed by atoms with van der Waals surface area (Å²) in [4.78, 5) is 0. The molecule has 0 rings (SSSR count). The molecule has 0 aromatic carbocycles. The van der Waals surface area contributed by atoms with Gasteiger partial charge in [0.2, 0.25) is 0 Å². The monoisotopic (exact) mass is 280 g/mol. The van der Waals surface area contributed by atoms with E-state index in [-0.39, 0.29) is 0 Å². The SMILES string of the molecule is COS(=O)(=O)O[Si](C)(C)OS(=O)(=O)OC. The van der Waals surface area contributed by atoms with Crippen molar-refractivity contribution in [3.63, 3.8) is 0 Å². The van der Waals surface area contributed by atoms with E-state index in [2.05, 4.69) is 16.1 Å². The van der Waals surface area contributed by atoms with Crippen molar-refractivity contribution in [3.05, 3.63) is 0 Å². The third kappa shape index (κ3) is 6.19. The summed E-state index contributed by atoms with van der Waals surface area (Å²) in [5.41, 5.74) is 0. The molecule has 0 saturated heterocycles. The molecule has 0 heterocycles. The minimum Gasteiger partial charge on any atom is -0.262 e. The second-order valence-corrected chi connectivity index (χ2v) is 9.15. The Morgan fingerprint density at radius 3 is 1.27 bits per heavy atom. The van der Waals surface area contributed by atoms with E-state index in [0.717, 1.165) is 14.2 Å². The van der Waals surface area contributed by atoms with Crippen LogP contribution >= 0.6 is 0 Å². The van der Waals surface area contributed by atoms with E-state index in [1.54, 1.807) is 0 Å². The Hall–Kier alpha value is -0.0431. The lowest BCUT2D eigenvalue weighted by atomic mass is 11.8. The van der Waals surface area contributed by atoms with Crippen molar-refractivity contribution in [1.29, 1.82) is 0 Å². The van der Waals surface area contributed by atoms with E-state index < -0.39 is 29.4 Å². The molecule has 0 atom stereocenters. The van der Waals surface area contributed by atoms with E-state index in [0.29, 0.717) is 0 Å². The van der Waals surface area contributed by atoms with Crippen LogP contribution in [0.5, 0.6) is 0 Å². The maximum Gasteiger partial charge on any atom is 0.392 e. The highest BCUT2D eigenvalue weighted by atomic mass is 32.3. The van der Waals surface area contributed by atoms with Crippen LogP contribution in [-0.2, 0) is 36.9 Å². The molecule has 0 aliphatic rings. The third-order valence-corrected chi connectivity index (χ3v) is 6.67. The average Bonchev–Trinajstić information content (AvgIpc) is 2.00. The topological polar surface area (TPSA) is 105 Å². The van der Waals surface area contributed by atoms with Gasteiger partial charge in [0.1, 0.15) is 0 Å². The molecule has 0 spiro atoms. The quantitative estimate of drug-likeness (QED) is 0.600. The van der Waals surface area contributed by atoms with E-state index in [4.69, 9.17) is 0 Å². The Morgan fingerprint density at radius 1 is 0.800 bits per heavy atom. The molecule has 0 bridgehead atoms. The maximum atomic E-state index is 10.9. The van der Waals surface area contributed by atoms with Crippen LogP contribution in [0.2, 0.25) is 13.1 Å². The maximum absolute atomic E-state index is 10.9. The first kappa shape index (κ1) is 15.0. The first-order valence-electron chi connectivity index (χ1n) is 3.56.